The lowest BCUT2D eigenvalue weighted by molar-refractivity contribution is -0.116. The molecule has 0 aliphatic carbocycles. The van der Waals surface area contributed by atoms with Gasteiger partial charge in [-0.1, -0.05) is 15.9 Å². The lowest BCUT2D eigenvalue weighted by atomic mass is 10.0. The first kappa shape index (κ1) is 16.1. The van der Waals surface area contributed by atoms with Gasteiger partial charge in [-0.25, -0.2) is 0 Å². The van der Waals surface area contributed by atoms with Crippen LogP contribution in [0.5, 0.6) is 11.5 Å². The lowest BCUT2D eigenvalue weighted by Crippen LogP contribution is -2.55. The Morgan fingerprint density at radius 3 is 2.90 bits per heavy atom. The first-order valence-corrected chi connectivity index (χ1v) is 7.88. The van der Waals surface area contributed by atoms with Crippen LogP contribution in [0.2, 0.25) is 0 Å². The molecule has 1 unspecified atom stereocenters. The van der Waals surface area contributed by atoms with Gasteiger partial charge in [0.2, 0.25) is 0 Å². The Morgan fingerprint density at radius 2 is 2.29 bits per heavy atom. The standard InChI is InChI=1S/C15H20BrNO4/c1-15(2)9-17(8-11(7-16)21-15)14(19)12-6-10(20-3)4-5-13(12)18/h4-6,11,18H,7-9H2,1-3H3. The minimum atomic E-state index is -0.416. The Labute approximate surface area is 133 Å². The number of nitrogens with zero attached hydrogens (tertiary/aromatic N) is 1. The van der Waals surface area contributed by atoms with Crippen molar-refractivity contribution in [2.24, 2.45) is 0 Å². The Hall–Kier alpha value is -1.27. The highest BCUT2D eigenvalue weighted by molar-refractivity contribution is 9.09. The summed E-state index contributed by atoms with van der Waals surface area (Å²) in [5.74, 6) is 0.287. The molecule has 1 fully saturated rings. The molecule has 5 nitrogen and oxygen atoms in total. The number of morpholine rings is 1. The highest BCUT2D eigenvalue weighted by Crippen LogP contribution is 2.28. The number of hydrogen-bond donors (Lipinski definition) is 1. The fourth-order valence-corrected chi connectivity index (χ4v) is 2.85. The van der Waals surface area contributed by atoms with Gasteiger partial charge in [0.1, 0.15) is 11.5 Å². The summed E-state index contributed by atoms with van der Waals surface area (Å²) in [6.07, 6.45) is -0.0644. The highest BCUT2D eigenvalue weighted by atomic mass is 79.9. The number of carbonyl (C=O) groups excluding carboxylic acids is 1. The zero-order valence-corrected chi connectivity index (χ0v) is 14.0. The van der Waals surface area contributed by atoms with Gasteiger partial charge in [-0.2, -0.15) is 0 Å². The fourth-order valence-electron chi connectivity index (χ4n) is 2.51. The SMILES string of the molecule is COc1ccc(O)c(C(=O)N2CC(CBr)OC(C)(C)C2)c1. The zero-order valence-electron chi connectivity index (χ0n) is 12.4. The van der Waals surface area contributed by atoms with Crippen LogP contribution >= 0.6 is 15.9 Å². The second-order valence-electron chi connectivity index (χ2n) is 5.72. The van der Waals surface area contributed by atoms with Crippen LogP contribution in [-0.2, 0) is 4.74 Å². The molecule has 21 heavy (non-hydrogen) atoms. The largest absolute Gasteiger partial charge is 0.507 e. The molecule has 1 N–H and O–H groups in total. The summed E-state index contributed by atoms with van der Waals surface area (Å²) in [6, 6.07) is 4.65. The highest BCUT2D eigenvalue weighted by Gasteiger charge is 2.36. The Bertz CT molecular complexity index is 532. The van der Waals surface area contributed by atoms with Crippen molar-refractivity contribution in [2.75, 3.05) is 25.5 Å². The van der Waals surface area contributed by atoms with Crippen molar-refractivity contribution in [3.05, 3.63) is 23.8 Å². The Balaban J connectivity index is 2.26. The van der Waals surface area contributed by atoms with Gasteiger partial charge in [0.15, 0.2) is 0 Å². The summed E-state index contributed by atoms with van der Waals surface area (Å²) in [5, 5.41) is 10.6. The summed E-state index contributed by atoms with van der Waals surface area (Å²) in [4.78, 5) is 14.4. The predicted octanol–water partition coefficient (Wildman–Crippen LogP) is 2.42. The van der Waals surface area contributed by atoms with E-state index in [9.17, 15) is 9.90 Å². The van der Waals surface area contributed by atoms with Crippen molar-refractivity contribution in [2.45, 2.75) is 25.6 Å². The molecule has 0 aromatic heterocycles. The Kier molecular flexibility index (Phi) is 4.78. The van der Waals surface area contributed by atoms with Gasteiger partial charge in [0, 0.05) is 18.4 Å². The van der Waals surface area contributed by atoms with E-state index in [1.165, 1.54) is 13.2 Å². The lowest BCUT2D eigenvalue weighted by Gasteiger charge is -2.42. The van der Waals surface area contributed by atoms with E-state index in [4.69, 9.17) is 9.47 Å². The molecular formula is C15H20BrNO4. The molecule has 0 saturated carbocycles. The van der Waals surface area contributed by atoms with E-state index in [1.54, 1.807) is 17.0 Å². The number of aromatic hydroxyl groups is 1. The average Bonchev–Trinajstić information content (AvgIpc) is 2.45. The molecule has 1 saturated heterocycles. The van der Waals surface area contributed by atoms with Gasteiger partial charge in [0.25, 0.3) is 5.91 Å². The van der Waals surface area contributed by atoms with Gasteiger partial charge < -0.3 is 19.5 Å². The van der Waals surface area contributed by atoms with E-state index < -0.39 is 5.60 Å². The van der Waals surface area contributed by atoms with Crippen molar-refractivity contribution < 1.29 is 19.4 Å². The molecule has 0 bridgehead atoms. The van der Waals surface area contributed by atoms with E-state index >= 15 is 0 Å². The zero-order chi connectivity index (χ0) is 15.6. The van der Waals surface area contributed by atoms with Crippen LogP contribution in [0.15, 0.2) is 18.2 Å². The number of halogens is 1. The summed E-state index contributed by atoms with van der Waals surface area (Å²) in [5.41, 5.74) is -0.165. The molecule has 1 amide bonds. The third-order valence-corrected chi connectivity index (χ3v) is 4.10. The topological polar surface area (TPSA) is 59.0 Å². The molecule has 6 heteroatoms. The van der Waals surface area contributed by atoms with Gasteiger partial charge in [-0.05, 0) is 32.0 Å². The molecule has 1 aromatic rings. The molecule has 1 atom stereocenters. The van der Waals surface area contributed by atoms with Crippen molar-refractivity contribution in [3.8, 4) is 11.5 Å². The molecule has 1 heterocycles. The van der Waals surface area contributed by atoms with Crippen LogP contribution in [0.3, 0.4) is 0 Å². The van der Waals surface area contributed by atoms with Crippen LogP contribution in [0.25, 0.3) is 0 Å². The molecule has 1 aliphatic rings. The van der Waals surface area contributed by atoms with Crippen LogP contribution in [0, 0.1) is 0 Å². The van der Waals surface area contributed by atoms with Crippen molar-refractivity contribution >= 4 is 21.8 Å². The maximum atomic E-state index is 12.7. The quantitative estimate of drug-likeness (QED) is 0.844. The van der Waals surface area contributed by atoms with Crippen molar-refractivity contribution in [1.29, 1.82) is 0 Å². The molecular weight excluding hydrogens is 338 g/mol. The molecule has 1 aliphatic heterocycles. The molecule has 2 rings (SSSR count). The molecule has 116 valence electrons. The van der Waals surface area contributed by atoms with E-state index in [-0.39, 0.29) is 23.3 Å². The number of carbonyl (C=O) groups is 1. The summed E-state index contributed by atoms with van der Waals surface area (Å²) >= 11 is 3.40. The monoisotopic (exact) mass is 357 g/mol. The molecule has 1 aromatic carbocycles. The normalized spacial score (nSPS) is 21.1. The van der Waals surface area contributed by atoms with Crippen LogP contribution in [0.1, 0.15) is 24.2 Å². The second-order valence-corrected chi connectivity index (χ2v) is 6.37. The predicted molar refractivity (Wildman–Crippen MR) is 83.3 cm³/mol. The van der Waals surface area contributed by atoms with E-state index in [0.717, 1.165) is 0 Å². The third-order valence-electron chi connectivity index (χ3n) is 3.37. The van der Waals surface area contributed by atoms with Crippen LogP contribution in [0.4, 0.5) is 0 Å². The number of phenols is 1. The summed E-state index contributed by atoms with van der Waals surface area (Å²) in [6.45, 7) is 4.87. The van der Waals surface area contributed by atoms with E-state index in [0.29, 0.717) is 24.2 Å². The minimum Gasteiger partial charge on any atom is -0.507 e. The minimum absolute atomic E-state index is 0.0412. The molecule has 0 radical (unpaired) electrons. The first-order chi connectivity index (χ1) is 9.86. The number of rotatable bonds is 3. The smallest absolute Gasteiger partial charge is 0.257 e. The Morgan fingerprint density at radius 1 is 1.57 bits per heavy atom. The number of hydrogen-bond acceptors (Lipinski definition) is 4. The number of alkyl halides is 1. The number of phenolic OH excluding ortho intramolecular Hbond substituents is 1. The van der Waals surface area contributed by atoms with Crippen molar-refractivity contribution in [1.82, 2.24) is 4.90 Å². The number of methoxy groups -OCH3 is 1. The maximum absolute atomic E-state index is 12.7. The first-order valence-electron chi connectivity index (χ1n) is 6.76. The van der Waals surface area contributed by atoms with Gasteiger partial charge in [0.05, 0.1) is 24.4 Å². The molecule has 0 spiro atoms. The number of benzene rings is 1. The average molecular weight is 358 g/mol. The van der Waals surface area contributed by atoms with E-state index in [2.05, 4.69) is 15.9 Å². The second kappa shape index (κ2) is 6.23. The third kappa shape index (κ3) is 3.68. The van der Waals surface area contributed by atoms with Crippen LogP contribution < -0.4 is 4.74 Å². The summed E-state index contributed by atoms with van der Waals surface area (Å²) in [7, 11) is 1.53. The van der Waals surface area contributed by atoms with E-state index in [1.807, 2.05) is 13.8 Å². The number of amides is 1. The van der Waals surface area contributed by atoms with Gasteiger partial charge >= 0.3 is 0 Å². The summed E-state index contributed by atoms with van der Waals surface area (Å²) < 4.78 is 11.0. The van der Waals surface area contributed by atoms with Gasteiger partial charge in [-0.3, -0.25) is 4.79 Å². The fraction of sp³-hybridized carbons (Fsp3) is 0.533. The van der Waals surface area contributed by atoms with Crippen LogP contribution in [-0.4, -0.2) is 53.1 Å². The van der Waals surface area contributed by atoms with Gasteiger partial charge in [-0.15, -0.1) is 0 Å². The van der Waals surface area contributed by atoms with Crippen molar-refractivity contribution in [3.63, 3.8) is 0 Å². The number of ether oxygens (including phenoxy) is 2. The maximum Gasteiger partial charge on any atom is 0.257 e.